The van der Waals surface area contributed by atoms with Crippen molar-refractivity contribution in [3.8, 4) is 5.75 Å². The molecule has 0 aliphatic heterocycles. The SMILES string of the molecule is CNC(Cc1cc(C)ccc1C)c1ccccc1OC. The van der Waals surface area contributed by atoms with Crippen LogP contribution >= 0.6 is 0 Å². The van der Waals surface area contributed by atoms with E-state index in [0.29, 0.717) is 0 Å². The molecule has 2 heteroatoms. The van der Waals surface area contributed by atoms with Gasteiger partial charge in [-0.15, -0.1) is 0 Å². The maximum absolute atomic E-state index is 5.48. The van der Waals surface area contributed by atoms with Gasteiger partial charge in [-0.05, 0) is 44.5 Å². The number of benzene rings is 2. The lowest BCUT2D eigenvalue weighted by Crippen LogP contribution is -2.20. The van der Waals surface area contributed by atoms with E-state index in [4.69, 9.17) is 4.74 Å². The fourth-order valence-corrected chi connectivity index (χ4v) is 2.56. The summed E-state index contributed by atoms with van der Waals surface area (Å²) in [5.41, 5.74) is 5.24. The molecule has 0 fully saturated rings. The van der Waals surface area contributed by atoms with E-state index in [9.17, 15) is 0 Å². The Hall–Kier alpha value is -1.80. The fourth-order valence-electron chi connectivity index (χ4n) is 2.56. The van der Waals surface area contributed by atoms with Gasteiger partial charge in [0, 0.05) is 11.6 Å². The molecule has 1 unspecified atom stereocenters. The largest absolute Gasteiger partial charge is 0.496 e. The molecule has 0 amide bonds. The number of hydrogen-bond donors (Lipinski definition) is 1. The van der Waals surface area contributed by atoms with E-state index in [0.717, 1.165) is 12.2 Å². The Kier molecular flexibility index (Phi) is 4.80. The first kappa shape index (κ1) is 14.6. The van der Waals surface area contributed by atoms with E-state index >= 15 is 0 Å². The summed E-state index contributed by atoms with van der Waals surface area (Å²) in [5.74, 6) is 0.942. The van der Waals surface area contributed by atoms with Gasteiger partial charge >= 0.3 is 0 Å². The van der Waals surface area contributed by atoms with Gasteiger partial charge < -0.3 is 10.1 Å². The van der Waals surface area contributed by atoms with Gasteiger partial charge in [-0.1, -0.05) is 42.0 Å². The number of hydrogen-bond acceptors (Lipinski definition) is 2. The summed E-state index contributed by atoms with van der Waals surface area (Å²) in [6.07, 6.45) is 0.963. The maximum atomic E-state index is 5.48. The lowest BCUT2D eigenvalue weighted by Gasteiger charge is -2.20. The minimum Gasteiger partial charge on any atom is -0.496 e. The Morgan fingerprint density at radius 1 is 1.10 bits per heavy atom. The Labute approximate surface area is 121 Å². The zero-order chi connectivity index (χ0) is 14.5. The molecule has 1 atom stereocenters. The topological polar surface area (TPSA) is 21.3 Å². The van der Waals surface area contributed by atoms with Crippen LogP contribution in [-0.2, 0) is 6.42 Å². The number of nitrogens with one attached hydrogen (secondary N) is 1. The quantitative estimate of drug-likeness (QED) is 0.891. The van der Waals surface area contributed by atoms with E-state index in [2.05, 4.69) is 49.5 Å². The average molecular weight is 269 g/mol. The van der Waals surface area contributed by atoms with E-state index in [1.54, 1.807) is 7.11 Å². The molecular weight excluding hydrogens is 246 g/mol. The standard InChI is InChI=1S/C18H23NO/c1-13-9-10-14(2)15(11-13)12-17(19-3)16-7-5-6-8-18(16)20-4/h5-11,17,19H,12H2,1-4H3. The van der Waals surface area contributed by atoms with Crippen molar-refractivity contribution < 1.29 is 4.74 Å². The van der Waals surface area contributed by atoms with Gasteiger partial charge in [0.25, 0.3) is 0 Å². The molecule has 0 bridgehead atoms. The summed E-state index contributed by atoms with van der Waals surface area (Å²) < 4.78 is 5.48. The number of rotatable bonds is 5. The van der Waals surface area contributed by atoms with Crippen LogP contribution in [0.3, 0.4) is 0 Å². The first-order valence-corrected chi connectivity index (χ1v) is 7.02. The number of para-hydroxylation sites is 1. The van der Waals surface area contributed by atoms with Crippen LogP contribution in [0.1, 0.15) is 28.3 Å². The molecule has 0 aliphatic carbocycles. The van der Waals surface area contributed by atoms with Crippen LogP contribution in [0.4, 0.5) is 0 Å². The van der Waals surface area contributed by atoms with Gasteiger partial charge in [0.2, 0.25) is 0 Å². The first-order valence-electron chi connectivity index (χ1n) is 7.02. The Morgan fingerprint density at radius 2 is 1.85 bits per heavy atom. The van der Waals surface area contributed by atoms with Crippen molar-refractivity contribution in [3.63, 3.8) is 0 Å². The van der Waals surface area contributed by atoms with Crippen LogP contribution < -0.4 is 10.1 Å². The lowest BCUT2D eigenvalue weighted by molar-refractivity contribution is 0.401. The molecule has 0 spiro atoms. The molecule has 2 aromatic carbocycles. The monoisotopic (exact) mass is 269 g/mol. The van der Waals surface area contributed by atoms with Crippen molar-refractivity contribution in [2.75, 3.05) is 14.2 Å². The molecule has 106 valence electrons. The third kappa shape index (κ3) is 3.20. The minimum atomic E-state index is 0.256. The number of ether oxygens (including phenoxy) is 1. The summed E-state index contributed by atoms with van der Waals surface area (Å²) in [6, 6.07) is 15.1. The van der Waals surface area contributed by atoms with Gasteiger partial charge in [-0.2, -0.15) is 0 Å². The molecule has 2 nitrogen and oxygen atoms in total. The summed E-state index contributed by atoms with van der Waals surface area (Å²) in [6.45, 7) is 4.31. The van der Waals surface area contributed by atoms with Crippen molar-refractivity contribution in [3.05, 3.63) is 64.7 Å². The molecule has 1 N–H and O–H groups in total. The Morgan fingerprint density at radius 3 is 2.55 bits per heavy atom. The normalized spacial score (nSPS) is 12.2. The third-order valence-corrected chi connectivity index (χ3v) is 3.79. The molecule has 0 aromatic heterocycles. The fraction of sp³-hybridized carbons (Fsp3) is 0.333. The molecule has 0 heterocycles. The predicted molar refractivity (Wildman–Crippen MR) is 84.4 cm³/mol. The van der Waals surface area contributed by atoms with Crippen LogP contribution in [0.15, 0.2) is 42.5 Å². The van der Waals surface area contributed by atoms with Gasteiger partial charge in [-0.3, -0.25) is 0 Å². The molecule has 0 saturated carbocycles. The molecule has 2 rings (SSSR count). The highest BCUT2D eigenvalue weighted by Gasteiger charge is 2.15. The summed E-state index contributed by atoms with van der Waals surface area (Å²) >= 11 is 0. The zero-order valence-electron chi connectivity index (χ0n) is 12.7. The smallest absolute Gasteiger partial charge is 0.123 e. The van der Waals surface area contributed by atoms with E-state index in [1.165, 1.54) is 22.3 Å². The van der Waals surface area contributed by atoms with Crippen molar-refractivity contribution in [2.24, 2.45) is 0 Å². The highest BCUT2D eigenvalue weighted by Crippen LogP contribution is 2.28. The van der Waals surface area contributed by atoms with Crippen LogP contribution in [0, 0.1) is 13.8 Å². The molecule has 2 aromatic rings. The van der Waals surface area contributed by atoms with Crippen molar-refractivity contribution in [1.82, 2.24) is 5.32 Å². The third-order valence-electron chi connectivity index (χ3n) is 3.79. The number of aryl methyl sites for hydroxylation is 2. The van der Waals surface area contributed by atoms with Crippen LogP contribution in [0.5, 0.6) is 5.75 Å². The van der Waals surface area contributed by atoms with Gasteiger partial charge in [0.15, 0.2) is 0 Å². The van der Waals surface area contributed by atoms with Crippen LogP contribution in [-0.4, -0.2) is 14.2 Å². The minimum absolute atomic E-state index is 0.256. The van der Waals surface area contributed by atoms with Crippen molar-refractivity contribution in [2.45, 2.75) is 26.3 Å². The van der Waals surface area contributed by atoms with Crippen LogP contribution in [0.2, 0.25) is 0 Å². The highest BCUT2D eigenvalue weighted by atomic mass is 16.5. The van der Waals surface area contributed by atoms with E-state index in [-0.39, 0.29) is 6.04 Å². The van der Waals surface area contributed by atoms with Gasteiger partial charge in [0.1, 0.15) is 5.75 Å². The molecule has 20 heavy (non-hydrogen) atoms. The van der Waals surface area contributed by atoms with E-state index in [1.807, 2.05) is 19.2 Å². The number of likely N-dealkylation sites (N-methyl/N-ethyl adjacent to an activating group) is 1. The molecule has 0 radical (unpaired) electrons. The second kappa shape index (κ2) is 6.58. The number of methoxy groups -OCH3 is 1. The molecular formula is C18H23NO. The summed E-state index contributed by atoms with van der Waals surface area (Å²) in [4.78, 5) is 0. The lowest BCUT2D eigenvalue weighted by atomic mass is 9.94. The van der Waals surface area contributed by atoms with Gasteiger partial charge in [-0.25, -0.2) is 0 Å². The van der Waals surface area contributed by atoms with Crippen molar-refractivity contribution >= 4 is 0 Å². The van der Waals surface area contributed by atoms with E-state index < -0.39 is 0 Å². The zero-order valence-corrected chi connectivity index (χ0v) is 12.7. The summed E-state index contributed by atoms with van der Waals surface area (Å²) in [5, 5.41) is 3.41. The maximum Gasteiger partial charge on any atom is 0.123 e. The highest BCUT2D eigenvalue weighted by molar-refractivity contribution is 5.38. The molecule has 0 saturated heterocycles. The average Bonchev–Trinajstić information content (AvgIpc) is 2.48. The Balaban J connectivity index is 2.31. The van der Waals surface area contributed by atoms with Gasteiger partial charge in [0.05, 0.1) is 7.11 Å². The molecule has 0 aliphatic rings. The van der Waals surface area contributed by atoms with Crippen molar-refractivity contribution in [1.29, 1.82) is 0 Å². The summed E-state index contributed by atoms with van der Waals surface area (Å²) in [7, 11) is 3.73. The predicted octanol–water partition coefficient (Wildman–Crippen LogP) is 3.82. The second-order valence-electron chi connectivity index (χ2n) is 5.22. The second-order valence-corrected chi connectivity index (χ2v) is 5.22. The Bertz CT molecular complexity index is 577. The first-order chi connectivity index (χ1) is 9.65. The van der Waals surface area contributed by atoms with Crippen LogP contribution in [0.25, 0.3) is 0 Å².